The first-order chi connectivity index (χ1) is 6.72. The lowest BCUT2D eigenvalue weighted by atomic mass is 10.0. The van der Waals surface area contributed by atoms with Crippen LogP contribution in [-0.2, 0) is 0 Å². The van der Waals surface area contributed by atoms with Gasteiger partial charge in [-0.25, -0.2) is 0 Å². The van der Waals surface area contributed by atoms with Gasteiger partial charge in [0.1, 0.15) is 0 Å². The third kappa shape index (κ3) is 1.65. The topological polar surface area (TPSA) is 23.8 Å². The molecule has 1 aromatic rings. The second-order valence-electron chi connectivity index (χ2n) is 4.49. The Balaban J connectivity index is 2.16. The smallest absolute Gasteiger partial charge is 0.0991 e. The van der Waals surface area contributed by atoms with E-state index in [2.05, 4.69) is 26.0 Å². The molecule has 0 heterocycles. The predicted octanol–water partition coefficient (Wildman–Crippen LogP) is 3.32. The molecule has 1 saturated carbocycles. The number of rotatable bonds is 2. The molecule has 2 rings (SSSR count). The SMILES string of the molecule is CC(C)[C@H]1C[C@@H]1c1cccc(C#N)c1. The molecule has 0 aromatic heterocycles. The minimum atomic E-state index is 0.711. The first-order valence-electron chi connectivity index (χ1n) is 5.22. The Morgan fingerprint density at radius 3 is 2.79 bits per heavy atom. The monoisotopic (exact) mass is 185 g/mol. The van der Waals surface area contributed by atoms with Crippen molar-refractivity contribution in [3.63, 3.8) is 0 Å². The first kappa shape index (κ1) is 9.27. The average Bonchev–Trinajstić information content (AvgIpc) is 2.97. The van der Waals surface area contributed by atoms with E-state index < -0.39 is 0 Å². The quantitative estimate of drug-likeness (QED) is 0.693. The highest BCUT2D eigenvalue weighted by Gasteiger charge is 2.40. The fourth-order valence-electron chi connectivity index (χ4n) is 2.17. The van der Waals surface area contributed by atoms with Gasteiger partial charge in [-0.1, -0.05) is 26.0 Å². The van der Waals surface area contributed by atoms with Gasteiger partial charge in [-0.2, -0.15) is 5.26 Å². The molecule has 1 aliphatic carbocycles. The highest BCUT2D eigenvalue weighted by molar-refractivity contribution is 5.36. The molecule has 1 heteroatoms. The van der Waals surface area contributed by atoms with Gasteiger partial charge in [-0.05, 0) is 41.9 Å². The summed E-state index contributed by atoms with van der Waals surface area (Å²) in [6.45, 7) is 4.55. The van der Waals surface area contributed by atoms with E-state index in [-0.39, 0.29) is 0 Å². The Kier molecular flexibility index (Phi) is 2.29. The van der Waals surface area contributed by atoms with E-state index in [9.17, 15) is 0 Å². The van der Waals surface area contributed by atoms with Crippen LogP contribution in [0.15, 0.2) is 24.3 Å². The van der Waals surface area contributed by atoms with Crippen LogP contribution in [-0.4, -0.2) is 0 Å². The second-order valence-corrected chi connectivity index (χ2v) is 4.49. The normalized spacial score (nSPS) is 24.7. The van der Waals surface area contributed by atoms with Crippen LogP contribution in [0.1, 0.15) is 37.3 Å². The zero-order valence-corrected chi connectivity index (χ0v) is 8.70. The summed E-state index contributed by atoms with van der Waals surface area (Å²) in [7, 11) is 0. The maximum Gasteiger partial charge on any atom is 0.0991 e. The Labute approximate surface area is 85.4 Å². The van der Waals surface area contributed by atoms with Gasteiger partial charge < -0.3 is 0 Å². The van der Waals surface area contributed by atoms with E-state index in [1.54, 1.807) is 0 Å². The van der Waals surface area contributed by atoms with Gasteiger partial charge >= 0.3 is 0 Å². The van der Waals surface area contributed by atoms with Crippen LogP contribution >= 0.6 is 0 Å². The van der Waals surface area contributed by atoms with Crippen molar-refractivity contribution in [3.8, 4) is 6.07 Å². The van der Waals surface area contributed by atoms with E-state index in [4.69, 9.17) is 5.26 Å². The molecule has 1 fully saturated rings. The van der Waals surface area contributed by atoms with Gasteiger partial charge in [0.25, 0.3) is 0 Å². The third-order valence-corrected chi connectivity index (χ3v) is 3.14. The number of hydrogen-bond acceptors (Lipinski definition) is 1. The lowest BCUT2D eigenvalue weighted by molar-refractivity contribution is 0.549. The van der Waals surface area contributed by atoms with E-state index in [0.29, 0.717) is 5.92 Å². The molecule has 0 N–H and O–H groups in total. The summed E-state index contributed by atoms with van der Waals surface area (Å²) in [6, 6.07) is 10.2. The Bertz CT molecular complexity index is 373. The van der Waals surface area contributed by atoms with E-state index in [1.807, 2.05) is 18.2 Å². The summed E-state index contributed by atoms with van der Waals surface area (Å²) in [6.07, 6.45) is 1.30. The lowest BCUT2D eigenvalue weighted by Crippen LogP contribution is -1.92. The predicted molar refractivity (Wildman–Crippen MR) is 56.8 cm³/mol. The molecule has 72 valence electrons. The highest BCUT2D eigenvalue weighted by atomic mass is 14.4. The highest BCUT2D eigenvalue weighted by Crippen LogP contribution is 2.51. The van der Waals surface area contributed by atoms with Crippen LogP contribution in [0.5, 0.6) is 0 Å². The summed E-state index contributed by atoms with van der Waals surface area (Å²) in [5.74, 6) is 2.32. The summed E-state index contributed by atoms with van der Waals surface area (Å²) in [5.41, 5.74) is 2.14. The molecule has 0 saturated heterocycles. The van der Waals surface area contributed by atoms with Gasteiger partial charge in [-0.15, -0.1) is 0 Å². The van der Waals surface area contributed by atoms with Gasteiger partial charge in [0.05, 0.1) is 11.6 Å². The molecule has 0 unspecified atom stereocenters. The molecule has 1 aromatic carbocycles. The molecule has 14 heavy (non-hydrogen) atoms. The second kappa shape index (κ2) is 3.46. The minimum Gasteiger partial charge on any atom is -0.192 e. The summed E-state index contributed by atoms with van der Waals surface area (Å²) in [5, 5.41) is 8.79. The zero-order chi connectivity index (χ0) is 10.1. The largest absolute Gasteiger partial charge is 0.192 e. The van der Waals surface area contributed by atoms with Crippen LogP contribution < -0.4 is 0 Å². The van der Waals surface area contributed by atoms with E-state index >= 15 is 0 Å². The van der Waals surface area contributed by atoms with Gasteiger partial charge in [0.15, 0.2) is 0 Å². The fourth-order valence-corrected chi connectivity index (χ4v) is 2.17. The molecule has 1 aliphatic rings. The van der Waals surface area contributed by atoms with Crippen molar-refractivity contribution in [3.05, 3.63) is 35.4 Å². The van der Waals surface area contributed by atoms with Crippen LogP contribution in [0, 0.1) is 23.2 Å². The van der Waals surface area contributed by atoms with Crippen LogP contribution in [0.25, 0.3) is 0 Å². The van der Waals surface area contributed by atoms with Crippen molar-refractivity contribution in [2.24, 2.45) is 11.8 Å². The van der Waals surface area contributed by atoms with E-state index in [0.717, 1.165) is 17.4 Å². The van der Waals surface area contributed by atoms with Crippen molar-refractivity contribution < 1.29 is 0 Å². The minimum absolute atomic E-state index is 0.711. The average molecular weight is 185 g/mol. The molecule has 0 spiro atoms. The molecule has 0 bridgehead atoms. The number of nitrogens with zero attached hydrogens (tertiary/aromatic N) is 1. The molecule has 0 aliphatic heterocycles. The molecule has 2 atom stereocenters. The summed E-state index contributed by atoms with van der Waals surface area (Å²) in [4.78, 5) is 0. The summed E-state index contributed by atoms with van der Waals surface area (Å²) >= 11 is 0. The van der Waals surface area contributed by atoms with Gasteiger partial charge in [-0.3, -0.25) is 0 Å². The van der Waals surface area contributed by atoms with E-state index in [1.165, 1.54) is 12.0 Å². The number of benzene rings is 1. The molecule has 0 amide bonds. The maximum atomic E-state index is 8.79. The van der Waals surface area contributed by atoms with Crippen molar-refractivity contribution in [1.82, 2.24) is 0 Å². The van der Waals surface area contributed by atoms with Crippen molar-refractivity contribution >= 4 is 0 Å². The Morgan fingerprint density at radius 1 is 1.43 bits per heavy atom. The molecule has 0 radical (unpaired) electrons. The Morgan fingerprint density at radius 2 is 2.21 bits per heavy atom. The lowest BCUT2D eigenvalue weighted by Gasteiger charge is -2.03. The molecular weight excluding hydrogens is 170 g/mol. The maximum absolute atomic E-state index is 8.79. The van der Waals surface area contributed by atoms with Crippen molar-refractivity contribution in [1.29, 1.82) is 5.26 Å². The van der Waals surface area contributed by atoms with Gasteiger partial charge in [0, 0.05) is 0 Å². The first-order valence-corrected chi connectivity index (χ1v) is 5.22. The van der Waals surface area contributed by atoms with Crippen LogP contribution in [0.2, 0.25) is 0 Å². The van der Waals surface area contributed by atoms with Crippen molar-refractivity contribution in [2.45, 2.75) is 26.2 Å². The number of nitriles is 1. The molecular formula is C13H15N. The Hall–Kier alpha value is -1.29. The molecule has 1 nitrogen and oxygen atoms in total. The standard InChI is InChI=1S/C13H15N/c1-9(2)12-7-13(12)11-5-3-4-10(6-11)8-14/h3-6,9,12-13H,7H2,1-2H3/t12-,13-/m1/s1. The van der Waals surface area contributed by atoms with Crippen molar-refractivity contribution in [2.75, 3.05) is 0 Å². The number of hydrogen-bond donors (Lipinski definition) is 0. The summed E-state index contributed by atoms with van der Waals surface area (Å²) < 4.78 is 0. The van der Waals surface area contributed by atoms with Gasteiger partial charge in [0.2, 0.25) is 0 Å². The fraction of sp³-hybridized carbons (Fsp3) is 0.462. The zero-order valence-electron chi connectivity index (χ0n) is 8.70. The van der Waals surface area contributed by atoms with Crippen LogP contribution in [0.4, 0.5) is 0 Å². The third-order valence-electron chi connectivity index (χ3n) is 3.14. The van der Waals surface area contributed by atoms with Crippen LogP contribution in [0.3, 0.4) is 0 Å².